The molecular weight excluding hydrogens is 600 g/mol. The van der Waals surface area contributed by atoms with Gasteiger partial charge in [0.1, 0.15) is 11.4 Å². The Balaban J connectivity index is 1.58. The molecule has 0 saturated heterocycles. The van der Waals surface area contributed by atoms with Crippen LogP contribution in [0.25, 0.3) is 0 Å². The van der Waals surface area contributed by atoms with Crippen molar-refractivity contribution in [2.45, 2.75) is 70.1 Å². The number of ether oxygens (including phenoxy) is 2. The zero-order chi connectivity index (χ0) is 31.7. The Morgan fingerprint density at radius 1 is 1.16 bits per heavy atom. The van der Waals surface area contributed by atoms with E-state index in [-0.39, 0.29) is 34.7 Å². The Labute approximate surface area is 266 Å². The lowest BCUT2D eigenvalue weighted by molar-refractivity contribution is -0.135. The van der Waals surface area contributed by atoms with E-state index in [9.17, 15) is 18.0 Å². The van der Waals surface area contributed by atoms with E-state index >= 15 is 0 Å². The predicted octanol–water partition coefficient (Wildman–Crippen LogP) is 6.03. The first-order valence-electron chi connectivity index (χ1n) is 15.7. The van der Waals surface area contributed by atoms with Gasteiger partial charge in [0, 0.05) is 42.1 Å². The monoisotopic (exact) mass is 644 g/mol. The third-order valence-electron chi connectivity index (χ3n) is 10.5. The van der Waals surface area contributed by atoms with E-state index in [0.717, 1.165) is 49.1 Å². The molecular formula is C34H45ClN2O6S. The highest BCUT2D eigenvalue weighted by Crippen LogP contribution is 2.46. The summed E-state index contributed by atoms with van der Waals surface area (Å²) in [7, 11) is -2.41. The zero-order valence-electron chi connectivity index (χ0n) is 26.1. The number of sulfonamides is 1. The number of benzene rings is 1. The van der Waals surface area contributed by atoms with Gasteiger partial charge in [-0.05, 0) is 87.1 Å². The van der Waals surface area contributed by atoms with Crippen LogP contribution in [0.2, 0.25) is 0 Å². The molecule has 2 heterocycles. The molecule has 1 fully saturated rings. The molecule has 2 aliphatic heterocycles. The Morgan fingerprint density at radius 2 is 1.95 bits per heavy atom. The summed E-state index contributed by atoms with van der Waals surface area (Å²) in [6.45, 7) is 7.39. The molecule has 2 unspecified atom stereocenters. The maximum atomic E-state index is 13.4. The van der Waals surface area contributed by atoms with Gasteiger partial charge in [0.05, 0.1) is 17.5 Å². The number of fused-ring (bicyclic) bond motifs is 3. The van der Waals surface area contributed by atoms with Gasteiger partial charge in [0.15, 0.2) is 6.29 Å². The molecule has 1 aromatic rings. The topological polar surface area (TPSA) is 102 Å². The van der Waals surface area contributed by atoms with Crippen LogP contribution in [0.5, 0.6) is 5.75 Å². The summed E-state index contributed by atoms with van der Waals surface area (Å²) >= 11 is 6.41. The molecule has 4 aliphatic rings. The third kappa shape index (κ3) is 6.51. The Hall–Kier alpha value is -2.62. The number of hydrogen-bond donors (Lipinski definition) is 1. The number of carbonyl (C=O) groups excluding carboxylic acids is 2. The van der Waals surface area contributed by atoms with E-state index in [4.69, 9.17) is 21.1 Å². The minimum Gasteiger partial charge on any atom is -0.490 e. The molecule has 1 N–H and O–H groups in total. The first-order valence-corrected chi connectivity index (χ1v) is 17.7. The Morgan fingerprint density at radius 3 is 2.66 bits per heavy atom. The van der Waals surface area contributed by atoms with Gasteiger partial charge in [-0.2, -0.15) is 0 Å². The van der Waals surface area contributed by atoms with Crippen LogP contribution in [-0.2, 0) is 19.6 Å². The summed E-state index contributed by atoms with van der Waals surface area (Å²) < 4.78 is 41.3. The maximum absolute atomic E-state index is 13.4. The fourth-order valence-corrected chi connectivity index (χ4v) is 8.57. The number of anilines is 1. The first-order chi connectivity index (χ1) is 20.9. The molecule has 1 amide bonds. The van der Waals surface area contributed by atoms with Gasteiger partial charge in [0.25, 0.3) is 5.91 Å². The van der Waals surface area contributed by atoms with Crippen LogP contribution in [0.1, 0.15) is 69.7 Å². The number of carbonyl (C=O) groups is 2. The number of amides is 1. The fraction of sp³-hybridized carbons (Fsp3) is 0.588. The number of rotatable bonds is 2. The second kappa shape index (κ2) is 13.0. The molecule has 7 atom stereocenters. The third-order valence-corrected chi connectivity index (χ3v) is 12.7. The zero-order valence-corrected chi connectivity index (χ0v) is 27.7. The van der Waals surface area contributed by atoms with Crippen molar-refractivity contribution < 1.29 is 27.5 Å². The van der Waals surface area contributed by atoms with Crippen molar-refractivity contribution >= 4 is 39.5 Å². The standard InChI is InChI=1S/C34H45ClN2O6S/c1-23-8-7-15-34(21-38,42-4)29-12-10-26(29)20-37-17-6-5-9-27-19-28(35)14-16-33(27,3)22-43-31-13-11-25(18-30(31)37)32(39)36-44(40,41)24(23)2/h7,11,13-16,18-19,21,23-24,26-27,29H,5-6,8-10,12,17,20,22H2,1-4H3,(H,36,39)/b15-7+/t23-,24+,26-,27?,29+,33?,34-/m0/s1. The van der Waals surface area contributed by atoms with Gasteiger partial charge in [-0.25, -0.2) is 13.1 Å². The molecule has 2 bridgehead atoms. The fourth-order valence-electron chi connectivity index (χ4n) is 7.07. The van der Waals surface area contributed by atoms with Crippen molar-refractivity contribution in [3.05, 3.63) is 59.2 Å². The van der Waals surface area contributed by atoms with E-state index in [0.29, 0.717) is 31.9 Å². The highest BCUT2D eigenvalue weighted by atomic mass is 35.5. The van der Waals surface area contributed by atoms with Crippen LogP contribution in [0, 0.1) is 29.1 Å². The van der Waals surface area contributed by atoms with Crippen LogP contribution >= 0.6 is 11.6 Å². The number of aldehydes is 1. The largest absolute Gasteiger partial charge is 0.490 e. The van der Waals surface area contributed by atoms with Crippen LogP contribution in [0.4, 0.5) is 5.69 Å². The molecule has 0 aromatic heterocycles. The van der Waals surface area contributed by atoms with Crippen molar-refractivity contribution in [3.8, 4) is 5.75 Å². The van der Waals surface area contributed by atoms with Crippen molar-refractivity contribution in [2.24, 2.45) is 29.1 Å². The number of nitrogens with zero attached hydrogens (tertiary/aromatic N) is 1. The molecule has 240 valence electrons. The summed E-state index contributed by atoms with van der Waals surface area (Å²) in [5, 5.41) is -0.0989. The average Bonchev–Trinajstić information content (AvgIpc) is 3.01. The number of halogens is 1. The number of nitrogens with one attached hydrogen (secondary N) is 1. The molecule has 1 aromatic carbocycles. The summed E-state index contributed by atoms with van der Waals surface area (Å²) in [6.07, 6.45) is 15.8. The maximum Gasteiger partial charge on any atom is 0.264 e. The van der Waals surface area contributed by atoms with Crippen molar-refractivity contribution in [1.29, 1.82) is 0 Å². The van der Waals surface area contributed by atoms with Crippen molar-refractivity contribution in [1.82, 2.24) is 4.72 Å². The molecule has 2 aliphatic carbocycles. The second-order valence-electron chi connectivity index (χ2n) is 13.3. The quantitative estimate of drug-likeness (QED) is 0.310. The average molecular weight is 645 g/mol. The van der Waals surface area contributed by atoms with E-state index in [2.05, 4.69) is 28.7 Å². The molecule has 0 radical (unpaired) electrons. The molecule has 0 spiro atoms. The van der Waals surface area contributed by atoms with E-state index in [1.165, 1.54) is 0 Å². The van der Waals surface area contributed by atoms with Crippen LogP contribution in [-0.4, -0.2) is 58.3 Å². The van der Waals surface area contributed by atoms with E-state index in [1.54, 1.807) is 32.2 Å². The molecule has 8 nitrogen and oxygen atoms in total. The SMILES string of the molecule is CO[C@]1(C=O)/C=C/C[C@H](C)[C@@H](C)S(=O)(=O)NC(=O)c2ccc3c(c2)N(CCCCC2C=C(Cl)C=CC2(C)CO3)C[C@@H]2CC[C@H]21. The van der Waals surface area contributed by atoms with Gasteiger partial charge in [-0.3, -0.25) is 9.59 Å². The summed E-state index contributed by atoms with van der Waals surface area (Å²) in [5.41, 5.74) is -0.352. The van der Waals surface area contributed by atoms with Crippen molar-refractivity contribution in [3.63, 3.8) is 0 Å². The van der Waals surface area contributed by atoms with Gasteiger partial charge < -0.3 is 14.4 Å². The highest BCUT2D eigenvalue weighted by molar-refractivity contribution is 7.90. The normalized spacial score (nSPS) is 36.6. The Bertz CT molecular complexity index is 1460. The number of allylic oxidation sites excluding steroid dienone is 4. The smallest absolute Gasteiger partial charge is 0.264 e. The lowest BCUT2D eigenvalue weighted by Crippen LogP contribution is -2.52. The number of hydrogen-bond acceptors (Lipinski definition) is 7. The molecule has 10 heteroatoms. The van der Waals surface area contributed by atoms with Gasteiger partial charge in [0.2, 0.25) is 10.0 Å². The predicted molar refractivity (Wildman–Crippen MR) is 173 cm³/mol. The summed E-state index contributed by atoms with van der Waals surface area (Å²) in [5.74, 6) is 0.0393. The molecule has 44 heavy (non-hydrogen) atoms. The van der Waals surface area contributed by atoms with E-state index < -0.39 is 26.8 Å². The van der Waals surface area contributed by atoms with E-state index in [1.807, 2.05) is 25.2 Å². The minimum absolute atomic E-state index is 0.0288. The van der Waals surface area contributed by atoms with Gasteiger partial charge in [-0.15, -0.1) is 0 Å². The van der Waals surface area contributed by atoms with Gasteiger partial charge in [-0.1, -0.05) is 50.1 Å². The minimum atomic E-state index is -3.98. The Kier molecular flexibility index (Phi) is 9.69. The van der Waals surface area contributed by atoms with Crippen LogP contribution in [0.3, 0.4) is 0 Å². The summed E-state index contributed by atoms with van der Waals surface area (Å²) in [6, 6.07) is 5.15. The summed E-state index contributed by atoms with van der Waals surface area (Å²) in [4.78, 5) is 28.3. The lowest BCUT2D eigenvalue weighted by Gasteiger charge is -2.47. The molecule has 1 saturated carbocycles. The van der Waals surface area contributed by atoms with Crippen LogP contribution in [0.15, 0.2) is 53.6 Å². The second-order valence-corrected chi connectivity index (χ2v) is 15.8. The number of methoxy groups -OCH3 is 1. The van der Waals surface area contributed by atoms with Crippen molar-refractivity contribution in [2.75, 3.05) is 31.7 Å². The lowest BCUT2D eigenvalue weighted by atomic mass is 9.64. The highest BCUT2D eigenvalue weighted by Gasteiger charge is 2.47. The van der Waals surface area contributed by atoms with Crippen LogP contribution < -0.4 is 14.4 Å². The molecule has 5 rings (SSSR count). The van der Waals surface area contributed by atoms with Gasteiger partial charge >= 0.3 is 0 Å². The first kappa shape index (κ1) is 32.8.